The summed E-state index contributed by atoms with van der Waals surface area (Å²) < 4.78 is 42.9. The molecular formula is C18H15F3N2S. The number of benzene rings is 2. The normalized spacial score (nSPS) is 12.2. The second-order valence-electron chi connectivity index (χ2n) is 5.55. The summed E-state index contributed by atoms with van der Waals surface area (Å²) in [6.07, 6.45) is 0. The quantitative estimate of drug-likeness (QED) is 0.599. The Balaban J connectivity index is 2.20. The Kier molecular flexibility index (Phi) is 4.57. The maximum absolute atomic E-state index is 14.1. The van der Waals surface area contributed by atoms with Gasteiger partial charge >= 0.3 is 0 Å². The van der Waals surface area contributed by atoms with Crippen molar-refractivity contribution in [1.82, 2.24) is 4.57 Å². The minimum absolute atomic E-state index is 0.00637. The lowest BCUT2D eigenvalue weighted by Gasteiger charge is -2.13. The molecule has 2 aromatic carbocycles. The summed E-state index contributed by atoms with van der Waals surface area (Å²) in [5.74, 6) is -1.71. The average Bonchev–Trinajstić information content (AvgIpc) is 2.94. The van der Waals surface area contributed by atoms with Gasteiger partial charge in [-0.15, -0.1) is 11.3 Å². The van der Waals surface area contributed by atoms with E-state index in [0.717, 1.165) is 12.1 Å². The molecule has 0 aliphatic rings. The van der Waals surface area contributed by atoms with E-state index in [4.69, 9.17) is 0 Å². The van der Waals surface area contributed by atoms with Crippen LogP contribution in [0.15, 0.2) is 52.8 Å². The molecule has 0 spiro atoms. The molecule has 0 saturated heterocycles. The molecule has 0 aliphatic carbocycles. The SMILES string of the molecule is CC(C)n1c(-c2ccccc2F)csc1=Nc1ccc(F)cc1F. The highest BCUT2D eigenvalue weighted by molar-refractivity contribution is 7.07. The lowest BCUT2D eigenvalue weighted by atomic mass is 10.1. The molecule has 0 N–H and O–H groups in total. The van der Waals surface area contributed by atoms with Crippen molar-refractivity contribution in [3.8, 4) is 11.3 Å². The van der Waals surface area contributed by atoms with Crippen LogP contribution in [0.2, 0.25) is 0 Å². The van der Waals surface area contributed by atoms with Gasteiger partial charge in [-0.1, -0.05) is 12.1 Å². The summed E-state index contributed by atoms with van der Waals surface area (Å²) in [4.78, 5) is 4.82. The Hall–Kier alpha value is -2.34. The predicted octanol–water partition coefficient (Wildman–Crippen LogP) is 5.45. The van der Waals surface area contributed by atoms with E-state index in [1.165, 1.54) is 23.5 Å². The first-order valence-electron chi connectivity index (χ1n) is 7.42. The van der Waals surface area contributed by atoms with Gasteiger partial charge in [0.05, 0.1) is 5.69 Å². The fraction of sp³-hybridized carbons (Fsp3) is 0.167. The first-order chi connectivity index (χ1) is 11.5. The molecule has 0 radical (unpaired) electrons. The highest BCUT2D eigenvalue weighted by Crippen LogP contribution is 2.26. The maximum Gasteiger partial charge on any atom is 0.190 e. The molecule has 0 amide bonds. The van der Waals surface area contributed by atoms with E-state index in [1.54, 1.807) is 23.6 Å². The Morgan fingerprint density at radius 1 is 1.00 bits per heavy atom. The Bertz CT molecular complexity index is 941. The van der Waals surface area contributed by atoms with Crippen molar-refractivity contribution in [2.24, 2.45) is 4.99 Å². The Morgan fingerprint density at radius 2 is 1.75 bits per heavy atom. The van der Waals surface area contributed by atoms with Crippen molar-refractivity contribution in [2.75, 3.05) is 0 Å². The van der Waals surface area contributed by atoms with Gasteiger partial charge in [-0.05, 0) is 38.1 Å². The van der Waals surface area contributed by atoms with E-state index in [0.29, 0.717) is 16.1 Å². The zero-order valence-corrected chi connectivity index (χ0v) is 13.9. The van der Waals surface area contributed by atoms with Gasteiger partial charge in [-0.3, -0.25) is 0 Å². The second-order valence-corrected chi connectivity index (χ2v) is 6.39. The second kappa shape index (κ2) is 6.65. The van der Waals surface area contributed by atoms with Gasteiger partial charge in [-0.25, -0.2) is 18.2 Å². The third-order valence-corrected chi connectivity index (χ3v) is 4.37. The van der Waals surface area contributed by atoms with Crippen LogP contribution < -0.4 is 4.80 Å². The Labute approximate surface area is 141 Å². The molecule has 3 aromatic rings. The largest absolute Gasteiger partial charge is 0.314 e. The summed E-state index contributed by atoms with van der Waals surface area (Å²) in [6.45, 7) is 3.88. The molecule has 0 aliphatic heterocycles. The lowest BCUT2D eigenvalue weighted by molar-refractivity contribution is 0.575. The topological polar surface area (TPSA) is 17.3 Å². The number of nitrogens with zero attached hydrogens (tertiary/aromatic N) is 2. The fourth-order valence-electron chi connectivity index (χ4n) is 2.44. The molecular weight excluding hydrogens is 333 g/mol. The van der Waals surface area contributed by atoms with Gasteiger partial charge in [0.1, 0.15) is 17.3 Å². The molecule has 1 aromatic heterocycles. The summed E-state index contributed by atoms with van der Waals surface area (Å²) in [6, 6.07) is 9.72. The van der Waals surface area contributed by atoms with E-state index >= 15 is 0 Å². The summed E-state index contributed by atoms with van der Waals surface area (Å²) >= 11 is 1.28. The van der Waals surface area contributed by atoms with Crippen molar-refractivity contribution in [1.29, 1.82) is 0 Å². The van der Waals surface area contributed by atoms with E-state index < -0.39 is 11.6 Å². The van der Waals surface area contributed by atoms with E-state index in [9.17, 15) is 13.2 Å². The zero-order chi connectivity index (χ0) is 17.3. The predicted molar refractivity (Wildman–Crippen MR) is 89.7 cm³/mol. The number of halogens is 3. The highest BCUT2D eigenvalue weighted by atomic mass is 32.1. The molecule has 2 nitrogen and oxygen atoms in total. The standard InChI is InChI=1S/C18H15F3N2S/c1-11(2)23-17(13-5-3-4-6-14(13)20)10-24-18(23)22-16-8-7-12(19)9-15(16)21/h3-11H,1-2H3. The first-order valence-corrected chi connectivity index (χ1v) is 8.30. The fourth-order valence-corrected chi connectivity index (χ4v) is 3.47. The van der Waals surface area contributed by atoms with Crippen LogP contribution in [-0.4, -0.2) is 4.57 Å². The monoisotopic (exact) mass is 348 g/mol. The molecule has 1 heterocycles. The van der Waals surface area contributed by atoms with Crippen LogP contribution in [0, 0.1) is 17.5 Å². The van der Waals surface area contributed by atoms with Crippen molar-refractivity contribution < 1.29 is 13.2 Å². The van der Waals surface area contributed by atoms with Crippen LogP contribution in [0.4, 0.5) is 18.9 Å². The van der Waals surface area contributed by atoms with Crippen LogP contribution in [0.25, 0.3) is 11.3 Å². The first kappa shape index (κ1) is 16.5. The molecule has 0 fully saturated rings. The number of aromatic nitrogens is 1. The number of rotatable bonds is 3. The minimum atomic E-state index is -0.730. The lowest BCUT2D eigenvalue weighted by Crippen LogP contribution is -2.18. The van der Waals surface area contributed by atoms with Crippen molar-refractivity contribution in [3.05, 3.63) is 70.1 Å². The third-order valence-electron chi connectivity index (χ3n) is 3.53. The molecule has 124 valence electrons. The van der Waals surface area contributed by atoms with Crippen LogP contribution in [-0.2, 0) is 0 Å². The van der Waals surface area contributed by atoms with Crippen molar-refractivity contribution in [2.45, 2.75) is 19.9 Å². The smallest absolute Gasteiger partial charge is 0.190 e. The summed E-state index contributed by atoms with van der Waals surface area (Å²) in [7, 11) is 0. The van der Waals surface area contributed by atoms with Gasteiger partial charge in [0, 0.05) is 23.1 Å². The average molecular weight is 348 g/mol. The number of hydrogen-bond acceptors (Lipinski definition) is 2. The number of thiazole rings is 1. The molecule has 0 saturated carbocycles. The highest BCUT2D eigenvalue weighted by Gasteiger charge is 2.14. The minimum Gasteiger partial charge on any atom is -0.314 e. The Morgan fingerprint density at radius 3 is 2.42 bits per heavy atom. The van der Waals surface area contributed by atoms with Crippen molar-refractivity contribution >= 4 is 17.0 Å². The van der Waals surface area contributed by atoms with Gasteiger partial charge in [0.25, 0.3) is 0 Å². The van der Waals surface area contributed by atoms with Gasteiger partial charge in [0.2, 0.25) is 0 Å². The third kappa shape index (κ3) is 3.14. The van der Waals surface area contributed by atoms with Crippen LogP contribution >= 0.6 is 11.3 Å². The van der Waals surface area contributed by atoms with Crippen LogP contribution in [0.3, 0.4) is 0 Å². The molecule has 0 unspecified atom stereocenters. The maximum atomic E-state index is 14.1. The van der Waals surface area contributed by atoms with Crippen molar-refractivity contribution in [3.63, 3.8) is 0 Å². The summed E-state index contributed by atoms with van der Waals surface area (Å²) in [5.41, 5.74) is 1.19. The molecule has 0 bridgehead atoms. The van der Waals surface area contributed by atoms with Crippen LogP contribution in [0.1, 0.15) is 19.9 Å². The molecule has 0 atom stereocenters. The van der Waals surface area contributed by atoms with Gasteiger partial charge in [-0.2, -0.15) is 0 Å². The van der Waals surface area contributed by atoms with Gasteiger partial charge in [0.15, 0.2) is 10.6 Å². The molecule has 6 heteroatoms. The van der Waals surface area contributed by atoms with E-state index in [2.05, 4.69) is 4.99 Å². The van der Waals surface area contributed by atoms with Gasteiger partial charge < -0.3 is 4.57 Å². The number of hydrogen-bond donors (Lipinski definition) is 0. The zero-order valence-electron chi connectivity index (χ0n) is 13.1. The molecule has 24 heavy (non-hydrogen) atoms. The molecule has 3 rings (SSSR count). The summed E-state index contributed by atoms with van der Waals surface area (Å²) in [5, 5.41) is 1.79. The van der Waals surface area contributed by atoms with E-state index in [-0.39, 0.29) is 17.5 Å². The van der Waals surface area contributed by atoms with E-state index in [1.807, 2.05) is 18.4 Å². The van der Waals surface area contributed by atoms with Crippen LogP contribution in [0.5, 0.6) is 0 Å².